The second-order valence-electron chi connectivity index (χ2n) is 7.59. The fraction of sp³-hybridized carbons (Fsp3) is 0.292. The number of carbonyl (C=O) groups is 3. The van der Waals surface area contributed by atoms with E-state index in [0.717, 1.165) is 22.5 Å². The Hall–Kier alpha value is -3.59. The van der Waals surface area contributed by atoms with Gasteiger partial charge in [-0.1, -0.05) is 13.0 Å². The van der Waals surface area contributed by atoms with Crippen LogP contribution in [0.5, 0.6) is 5.75 Å². The van der Waals surface area contributed by atoms with E-state index in [4.69, 9.17) is 19.6 Å². The maximum absolute atomic E-state index is 12.8. The quantitative estimate of drug-likeness (QED) is 0.435. The number of furan rings is 1. The lowest BCUT2D eigenvalue weighted by molar-refractivity contribution is 0.0506. The molecule has 1 aromatic carbocycles. The highest BCUT2D eigenvalue weighted by atomic mass is 32.1. The van der Waals surface area contributed by atoms with Gasteiger partial charge in [-0.3, -0.25) is 9.59 Å². The number of esters is 1. The van der Waals surface area contributed by atoms with Crippen LogP contribution in [0, 0.1) is 20.8 Å². The first-order valence-electron chi connectivity index (χ1n) is 10.4. The molecule has 33 heavy (non-hydrogen) atoms. The van der Waals surface area contributed by atoms with Gasteiger partial charge in [0.2, 0.25) is 0 Å². The number of thiophene rings is 1. The molecule has 174 valence electrons. The molecule has 0 aliphatic rings. The zero-order valence-electron chi connectivity index (χ0n) is 18.9. The first kappa shape index (κ1) is 24.1. The number of carbonyl (C=O) groups excluding carboxylic acids is 3. The topological polar surface area (TPSA) is 121 Å². The third-order valence-corrected chi connectivity index (χ3v) is 5.92. The number of ether oxygens (including phenoxy) is 2. The molecular formula is C24H26N2O6S. The van der Waals surface area contributed by atoms with Gasteiger partial charge in [-0.2, -0.15) is 0 Å². The van der Waals surface area contributed by atoms with E-state index in [0.29, 0.717) is 23.5 Å². The van der Waals surface area contributed by atoms with Crippen LogP contribution >= 0.6 is 11.3 Å². The Bertz CT molecular complexity index is 1170. The van der Waals surface area contributed by atoms with E-state index in [-0.39, 0.29) is 34.4 Å². The molecule has 2 amide bonds. The molecule has 0 fully saturated rings. The summed E-state index contributed by atoms with van der Waals surface area (Å²) < 4.78 is 16.6. The van der Waals surface area contributed by atoms with E-state index in [1.165, 1.54) is 6.07 Å². The van der Waals surface area contributed by atoms with Crippen molar-refractivity contribution in [3.63, 3.8) is 0 Å². The van der Waals surface area contributed by atoms with E-state index in [2.05, 4.69) is 5.32 Å². The van der Waals surface area contributed by atoms with E-state index < -0.39 is 17.8 Å². The summed E-state index contributed by atoms with van der Waals surface area (Å²) in [7, 11) is 0. The van der Waals surface area contributed by atoms with Crippen LogP contribution in [0.3, 0.4) is 0 Å². The van der Waals surface area contributed by atoms with Crippen molar-refractivity contribution >= 4 is 34.1 Å². The summed E-state index contributed by atoms with van der Waals surface area (Å²) >= 11 is 0.922. The van der Waals surface area contributed by atoms with Crippen molar-refractivity contribution in [1.29, 1.82) is 0 Å². The van der Waals surface area contributed by atoms with Gasteiger partial charge in [0.1, 0.15) is 23.1 Å². The molecule has 8 nitrogen and oxygen atoms in total. The van der Waals surface area contributed by atoms with Gasteiger partial charge in [0.25, 0.3) is 11.8 Å². The Labute approximate surface area is 195 Å². The highest BCUT2D eigenvalue weighted by Crippen LogP contribution is 2.34. The maximum Gasteiger partial charge on any atom is 0.341 e. The zero-order valence-corrected chi connectivity index (χ0v) is 19.8. The van der Waals surface area contributed by atoms with Crippen LogP contribution in [0.2, 0.25) is 0 Å². The van der Waals surface area contributed by atoms with Crippen molar-refractivity contribution < 1.29 is 28.3 Å². The average Bonchev–Trinajstić information content (AvgIpc) is 3.34. The molecule has 0 spiro atoms. The summed E-state index contributed by atoms with van der Waals surface area (Å²) in [5, 5.41) is 2.82. The van der Waals surface area contributed by atoms with Crippen LogP contribution in [0.15, 0.2) is 34.7 Å². The van der Waals surface area contributed by atoms with Crippen molar-refractivity contribution in [3.05, 3.63) is 69.0 Å². The SMILES string of the molecule is CCCOC(=O)c1c(NC(=O)c2ccc(COc3cc(C)cc(C)c3)o2)sc(C(N)=O)c1C. The third kappa shape index (κ3) is 5.81. The molecule has 2 heterocycles. The Morgan fingerprint density at radius 1 is 1.09 bits per heavy atom. The normalized spacial score (nSPS) is 10.7. The second-order valence-corrected chi connectivity index (χ2v) is 8.61. The Balaban J connectivity index is 1.75. The van der Waals surface area contributed by atoms with E-state index in [9.17, 15) is 14.4 Å². The van der Waals surface area contributed by atoms with Crippen LogP contribution in [-0.2, 0) is 11.3 Å². The van der Waals surface area contributed by atoms with Crippen LogP contribution < -0.4 is 15.8 Å². The number of hydrogen-bond donors (Lipinski definition) is 2. The minimum Gasteiger partial charge on any atom is -0.486 e. The fourth-order valence-corrected chi connectivity index (χ4v) is 4.30. The average molecular weight is 471 g/mol. The number of hydrogen-bond acceptors (Lipinski definition) is 7. The predicted octanol–water partition coefficient (Wildman–Crippen LogP) is 4.76. The number of benzene rings is 1. The lowest BCUT2D eigenvalue weighted by Gasteiger charge is -2.07. The van der Waals surface area contributed by atoms with Gasteiger partial charge < -0.3 is 24.9 Å². The molecule has 0 atom stereocenters. The number of amides is 2. The van der Waals surface area contributed by atoms with Crippen molar-refractivity contribution in [2.24, 2.45) is 5.73 Å². The smallest absolute Gasteiger partial charge is 0.341 e. The second kappa shape index (κ2) is 10.4. The molecule has 3 aromatic rings. The number of nitrogens with two attached hydrogens (primary N) is 1. The first-order valence-corrected chi connectivity index (χ1v) is 11.2. The molecule has 0 unspecified atom stereocenters. The highest BCUT2D eigenvalue weighted by Gasteiger charge is 2.26. The largest absolute Gasteiger partial charge is 0.486 e. The first-order chi connectivity index (χ1) is 15.7. The maximum atomic E-state index is 12.8. The predicted molar refractivity (Wildman–Crippen MR) is 125 cm³/mol. The van der Waals surface area contributed by atoms with Gasteiger partial charge in [-0.25, -0.2) is 4.79 Å². The Morgan fingerprint density at radius 2 is 1.79 bits per heavy atom. The van der Waals surface area contributed by atoms with Gasteiger partial charge in [-0.15, -0.1) is 11.3 Å². The van der Waals surface area contributed by atoms with E-state index in [1.807, 2.05) is 39.0 Å². The number of primary amides is 1. The molecule has 0 saturated carbocycles. The third-order valence-electron chi connectivity index (χ3n) is 4.70. The van der Waals surface area contributed by atoms with Crippen molar-refractivity contribution in [1.82, 2.24) is 0 Å². The minimum atomic E-state index is -0.689. The van der Waals surface area contributed by atoms with Gasteiger partial charge in [0, 0.05) is 0 Å². The summed E-state index contributed by atoms with van der Waals surface area (Å²) in [6.07, 6.45) is 0.638. The van der Waals surface area contributed by atoms with E-state index in [1.54, 1.807) is 13.0 Å². The van der Waals surface area contributed by atoms with Crippen molar-refractivity contribution in [3.8, 4) is 5.75 Å². The summed E-state index contributed by atoms with van der Waals surface area (Å²) in [6, 6.07) is 9.03. The zero-order chi connectivity index (χ0) is 24.1. The van der Waals surface area contributed by atoms with Crippen molar-refractivity contribution in [2.45, 2.75) is 40.7 Å². The van der Waals surface area contributed by atoms with Gasteiger partial charge >= 0.3 is 5.97 Å². The van der Waals surface area contributed by atoms with Crippen molar-refractivity contribution in [2.75, 3.05) is 11.9 Å². The summed E-state index contributed by atoms with van der Waals surface area (Å²) in [4.78, 5) is 37.2. The lowest BCUT2D eigenvalue weighted by Crippen LogP contribution is -2.15. The molecule has 0 bridgehead atoms. The van der Waals surface area contributed by atoms with Crippen LogP contribution in [0.4, 0.5) is 5.00 Å². The van der Waals surface area contributed by atoms with Gasteiger partial charge in [-0.05, 0) is 68.1 Å². The Kier molecular flexibility index (Phi) is 7.55. The molecule has 0 saturated heterocycles. The fourth-order valence-electron chi connectivity index (χ4n) is 3.26. The number of rotatable bonds is 9. The summed E-state index contributed by atoms with van der Waals surface area (Å²) in [6.45, 7) is 7.78. The molecule has 2 aromatic heterocycles. The molecule has 0 aliphatic heterocycles. The number of aryl methyl sites for hydroxylation is 2. The monoisotopic (exact) mass is 470 g/mol. The molecule has 0 aliphatic carbocycles. The highest BCUT2D eigenvalue weighted by molar-refractivity contribution is 7.18. The molecule has 3 rings (SSSR count). The standard InChI is InChI=1S/C24H26N2O6S/c1-5-8-30-24(29)19-15(4)20(21(25)27)33-23(19)26-22(28)18-7-6-16(32-18)12-31-17-10-13(2)9-14(3)11-17/h6-7,9-11H,5,8,12H2,1-4H3,(H2,25,27)(H,26,28). The van der Waals surface area contributed by atoms with Crippen LogP contribution in [0.1, 0.15) is 66.4 Å². The van der Waals surface area contributed by atoms with Gasteiger partial charge in [0.15, 0.2) is 5.76 Å². The minimum absolute atomic E-state index is 0.0357. The number of nitrogens with one attached hydrogen (secondary N) is 1. The van der Waals surface area contributed by atoms with Crippen LogP contribution in [-0.4, -0.2) is 24.4 Å². The lowest BCUT2D eigenvalue weighted by atomic mass is 10.1. The molecule has 0 radical (unpaired) electrons. The molecule has 9 heteroatoms. The van der Waals surface area contributed by atoms with E-state index >= 15 is 0 Å². The number of anilines is 1. The molecule has 3 N–H and O–H groups in total. The molecular weight excluding hydrogens is 444 g/mol. The summed E-state index contributed by atoms with van der Waals surface area (Å²) in [5.74, 6) is -0.690. The summed E-state index contributed by atoms with van der Waals surface area (Å²) in [5.41, 5.74) is 8.06. The Morgan fingerprint density at radius 3 is 2.42 bits per heavy atom. The van der Waals surface area contributed by atoms with Crippen LogP contribution in [0.25, 0.3) is 0 Å². The van der Waals surface area contributed by atoms with Gasteiger partial charge in [0.05, 0.1) is 17.0 Å².